The van der Waals surface area contributed by atoms with E-state index in [0.717, 1.165) is 5.56 Å². The van der Waals surface area contributed by atoms with E-state index in [1.807, 2.05) is 13.0 Å². The zero-order valence-corrected chi connectivity index (χ0v) is 12.4. The molecule has 0 saturated heterocycles. The van der Waals surface area contributed by atoms with Gasteiger partial charge in [-0.05, 0) is 43.7 Å². The molecule has 2 rings (SSSR count). The van der Waals surface area contributed by atoms with Crippen LogP contribution in [0.5, 0.6) is 0 Å². The number of ether oxygens (including phenoxy) is 1. The van der Waals surface area contributed by atoms with E-state index in [-0.39, 0.29) is 0 Å². The lowest BCUT2D eigenvalue weighted by atomic mass is 10.2. The summed E-state index contributed by atoms with van der Waals surface area (Å²) in [5.74, 6) is -0.650. The van der Waals surface area contributed by atoms with Gasteiger partial charge in [-0.25, -0.2) is 9.78 Å². The Morgan fingerprint density at radius 1 is 1.27 bits per heavy atom. The average molecular weight is 299 g/mol. The third-order valence-corrected chi connectivity index (χ3v) is 2.94. The van der Waals surface area contributed by atoms with Crippen LogP contribution in [0.25, 0.3) is 0 Å². The molecule has 114 valence electrons. The summed E-state index contributed by atoms with van der Waals surface area (Å²) in [7, 11) is 0. The number of pyridine rings is 1. The Bertz CT molecular complexity index is 683. The Balaban J connectivity index is 1.96. The highest BCUT2D eigenvalue weighted by atomic mass is 16.5. The van der Waals surface area contributed by atoms with Crippen LogP contribution < -0.4 is 11.1 Å². The molecule has 6 nitrogen and oxygen atoms in total. The number of anilines is 2. The molecule has 0 aliphatic heterocycles. The lowest BCUT2D eigenvalue weighted by Crippen LogP contribution is -2.30. The van der Waals surface area contributed by atoms with Crippen LogP contribution in [0.3, 0.4) is 0 Å². The molecule has 0 bridgehead atoms. The smallest absolute Gasteiger partial charge is 0.338 e. The Kier molecular flexibility index (Phi) is 4.73. The second-order valence-corrected chi connectivity index (χ2v) is 4.88. The van der Waals surface area contributed by atoms with Gasteiger partial charge in [-0.3, -0.25) is 4.79 Å². The maximum absolute atomic E-state index is 12.0. The van der Waals surface area contributed by atoms with Crippen molar-refractivity contribution in [1.29, 1.82) is 0 Å². The lowest BCUT2D eigenvalue weighted by Gasteiger charge is -2.13. The number of amides is 1. The molecule has 0 spiro atoms. The number of rotatable bonds is 4. The molecule has 0 aliphatic carbocycles. The van der Waals surface area contributed by atoms with Crippen LogP contribution >= 0.6 is 0 Å². The minimum absolute atomic E-state index is 0.299. The van der Waals surface area contributed by atoms with Crippen molar-refractivity contribution in [3.05, 3.63) is 53.7 Å². The zero-order valence-electron chi connectivity index (χ0n) is 12.4. The first kappa shape index (κ1) is 15.5. The van der Waals surface area contributed by atoms with Gasteiger partial charge in [0.15, 0.2) is 6.10 Å². The number of carbonyl (C=O) groups excluding carboxylic acids is 2. The van der Waals surface area contributed by atoms with Gasteiger partial charge in [0, 0.05) is 11.9 Å². The highest BCUT2D eigenvalue weighted by Gasteiger charge is 2.19. The van der Waals surface area contributed by atoms with Gasteiger partial charge in [-0.15, -0.1) is 0 Å². The molecule has 3 N–H and O–H groups in total. The van der Waals surface area contributed by atoms with Gasteiger partial charge in [0.2, 0.25) is 0 Å². The standard InChI is InChI=1S/C16H17N3O3/c1-10-6-7-14(18-9-10)19-15(20)11(2)22-16(21)12-4-3-5-13(17)8-12/h3-9,11H,17H2,1-2H3,(H,18,19,20). The molecule has 0 fully saturated rings. The average Bonchev–Trinajstić information content (AvgIpc) is 2.49. The Labute approximate surface area is 128 Å². The molecule has 0 aliphatic rings. The third kappa shape index (κ3) is 4.05. The predicted molar refractivity (Wildman–Crippen MR) is 83.3 cm³/mol. The van der Waals surface area contributed by atoms with Crippen LogP contribution in [0.1, 0.15) is 22.8 Å². The molecule has 6 heteroatoms. The predicted octanol–water partition coefficient (Wildman–Crippen LogP) is 2.16. The second kappa shape index (κ2) is 6.71. The first-order valence-electron chi connectivity index (χ1n) is 6.76. The van der Waals surface area contributed by atoms with Crippen molar-refractivity contribution in [2.45, 2.75) is 20.0 Å². The van der Waals surface area contributed by atoms with Crippen LogP contribution in [0, 0.1) is 6.92 Å². The minimum atomic E-state index is -0.947. The van der Waals surface area contributed by atoms with Crippen LogP contribution in [0.4, 0.5) is 11.5 Å². The summed E-state index contributed by atoms with van der Waals surface area (Å²) in [4.78, 5) is 28.0. The number of hydrogen-bond donors (Lipinski definition) is 2. The number of nitrogens with zero attached hydrogens (tertiary/aromatic N) is 1. The van der Waals surface area contributed by atoms with Gasteiger partial charge in [-0.2, -0.15) is 0 Å². The first-order chi connectivity index (χ1) is 10.5. The van der Waals surface area contributed by atoms with Gasteiger partial charge in [0.25, 0.3) is 5.91 Å². The Morgan fingerprint density at radius 3 is 2.68 bits per heavy atom. The quantitative estimate of drug-likeness (QED) is 0.666. The SMILES string of the molecule is Cc1ccc(NC(=O)C(C)OC(=O)c2cccc(N)c2)nc1. The van der Waals surface area contributed by atoms with Gasteiger partial charge in [-0.1, -0.05) is 12.1 Å². The molecular weight excluding hydrogens is 282 g/mol. The van der Waals surface area contributed by atoms with Crippen molar-refractivity contribution < 1.29 is 14.3 Å². The van der Waals surface area contributed by atoms with E-state index < -0.39 is 18.0 Å². The Morgan fingerprint density at radius 2 is 2.05 bits per heavy atom. The van der Waals surface area contributed by atoms with Gasteiger partial charge in [0.05, 0.1) is 5.56 Å². The monoisotopic (exact) mass is 299 g/mol. The van der Waals surface area contributed by atoms with Gasteiger partial charge >= 0.3 is 5.97 Å². The van der Waals surface area contributed by atoms with Gasteiger partial charge in [0.1, 0.15) is 5.82 Å². The van der Waals surface area contributed by atoms with E-state index in [1.165, 1.54) is 13.0 Å². The molecule has 0 saturated carbocycles. The first-order valence-corrected chi connectivity index (χ1v) is 6.76. The maximum atomic E-state index is 12.0. The molecule has 0 radical (unpaired) electrons. The molecule has 1 atom stereocenters. The highest BCUT2D eigenvalue weighted by molar-refractivity contribution is 5.97. The van der Waals surface area contributed by atoms with Crippen LogP contribution in [-0.2, 0) is 9.53 Å². The molecule has 22 heavy (non-hydrogen) atoms. The molecule has 1 aromatic carbocycles. The number of hydrogen-bond acceptors (Lipinski definition) is 5. The summed E-state index contributed by atoms with van der Waals surface area (Å²) in [6.45, 7) is 3.39. The normalized spacial score (nSPS) is 11.5. The van der Waals surface area contributed by atoms with Crippen LogP contribution in [0.15, 0.2) is 42.6 Å². The van der Waals surface area contributed by atoms with Crippen molar-refractivity contribution >= 4 is 23.4 Å². The number of esters is 1. The fourth-order valence-electron chi connectivity index (χ4n) is 1.72. The number of aromatic nitrogens is 1. The summed E-state index contributed by atoms with van der Waals surface area (Å²) in [5, 5.41) is 2.59. The lowest BCUT2D eigenvalue weighted by molar-refractivity contribution is -0.123. The largest absolute Gasteiger partial charge is 0.449 e. The summed E-state index contributed by atoms with van der Waals surface area (Å²) in [6.07, 6.45) is 0.691. The van der Waals surface area contributed by atoms with E-state index in [1.54, 1.807) is 30.5 Å². The highest BCUT2D eigenvalue weighted by Crippen LogP contribution is 2.10. The Hall–Kier alpha value is -2.89. The minimum Gasteiger partial charge on any atom is -0.449 e. The van der Waals surface area contributed by atoms with E-state index >= 15 is 0 Å². The fourth-order valence-corrected chi connectivity index (χ4v) is 1.72. The number of nitrogen functional groups attached to an aromatic ring is 1. The van der Waals surface area contributed by atoms with Crippen LogP contribution in [0.2, 0.25) is 0 Å². The topological polar surface area (TPSA) is 94.3 Å². The summed E-state index contributed by atoms with van der Waals surface area (Å²) >= 11 is 0. The summed E-state index contributed by atoms with van der Waals surface area (Å²) < 4.78 is 5.11. The maximum Gasteiger partial charge on any atom is 0.338 e. The number of nitrogens with one attached hydrogen (secondary N) is 1. The third-order valence-electron chi connectivity index (χ3n) is 2.94. The summed E-state index contributed by atoms with van der Waals surface area (Å²) in [6, 6.07) is 9.88. The number of carbonyl (C=O) groups is 2. The zero-order chi connectivity index (χ0) is 16.1. The van der Waals surface area contributed by atoms with E-state index in [2.05, 4.69) is 10.3 Å². The number of aryl methyl sites for hydroxylation is 1. The van der Waals surface area contributed by atoms with E-state index in [9.17, 15) is 9.59 Å². The molecule has 1 amide bonds. The molecular formula is C16H17N3O3. The molecule has 1 unspecified atom stereocenters. The van der Waals surface area contributed by atoms with Gasteiger partial charge < -0.3 is 15.8 Å². The number of nitrogens with two attached hydrogens (primary N) is 1. The number of benzene rings is 1. The molecule has 2 aromatic rings. The van der Waals surface area contributed by atoms with Crippen molar-refractivity contribution in [2.24, 2.45) is 0 Å². The van der Waals surface area contributed by atoms with Crippen molar-refractivity contribution in [3.8, 4) is 0 Å². The van der Waals surface area contributed by atoms with Crippen molar-refractivity contribution in [3.63, 3.8) is 0 Å². The molecule has 1 aromatic heterocycles. The molecule has 1 heterocycles. The van der Waals surface area contributed by atoms with Crippen LogP contribution in [-0.4, -0.2) is 23.0 Å². The van der Waals surface area contributed by atoms with Crippen molar-refractivity contribution in [2.75, 3.05) is 11.1 Å². The van der Waals surface area contributed by atoms with E-state index in [0.29, 0.717) is 17.1 Å². The van der Waals surface area contributed by atoms with Crippen molar-refractivity contribution in [1.82, 2.24) is 4.98 Å². The summed E-state index contributed by atoms with van der Waals surface area (Å²) in [5.41, 5.74) is 7.34. The van der Waals surface area contributed by atoms with E-state index in [4.69, 9.17) is 10.5 Å². The fraction of sp³-hybridized carbons (Fsp3) is 0.188. The second-order valence-electron chi connectivity index (χ2n) is 4.88.